The third-order valence-electron chi connectivity index (χ3n) is 2.41. The average Bonchev–Trinajstić information content (AvgIpc) is 2.19. The zero-order valence-electron chi connectivity index (χ0n) is 8.34. The number of nitrogens with one attached hydrogen (secondary N) is 1. The second-order valence-electron chi connectivity index (χ2n) is 3.46. The molecule has 0 saturated carbocycles. The number of carbonyl (C=O) groups is 1. The van der Waals surface area contributed by atoms with Crippen molar-refractivity contribution in [1.29, 1.82) is 0 Å². The number of ketones is 1. The van der Waals surface area contributed by atoms with Gasteiger partial charge in [0.15, 0.2) is 0 Å². The van der Waals surface area contributed by atoms with Crippen molar-refractivity contribution in [2.24, 2.45) is 0 Å². The minimum absolute atomic E-state index is 0.300. The molecule has 0 aromatic carbocycles. The summed E-state index contributed by atoms with van der Waals surface area (Å²) in [6.45, 7) is 4.60. The average molecular weight is 185 g/mol. The first-order valence-electron chi connectivity index (χ1n) is 5.17. The fraction of sp³-hybridized carbons (Fsp3) is 0.900. The fourth-order valence-electron chi connectivity index (χ4n) is 1.48. The van der Waals surface area contributed by atoms with Gasteiger partial charge in [0.25, 0.3) is 0 Å². The van der Waals surface area contributed by atoms with Crippen LogP contribution in [0.4, 0.5) is 0 Å². The summed E-state index contributed by atoms with van der Waals surface area (Å²) in [6, 6.07) is 0. The molecule has 1 heterocycles. The Balaban J connectivity index is 2.01. The summed E-state index contributed by atoms with van der Waals surface area (Å²) < 4.78 is 5.59. The Labute approximate surface area is 79.8 Å². The summed E-state index contributed by atoms with van der Waals surface area (Å²) >= 11 is 0. The predicted octanol–water partition coefficient (Wildman–Crippen LogP) is 1.12. The van der Waals surface area contributed by atoms with E-state index >= 15 is 0 Å². The maximum Gasteiger partial charge on any atom is 0.134 e. The Hall–Kier alpha value is -0.410. The Morgan fingerprint density at radius 1 is 1.46 bits per heavy atom. The van der Waals surface area contributed by atoms with Crippen LogP contribution in [-0.4, -0.2) is 31.6 Å². The van der Waals surface area contributed by atoms with E-state index in [1.165, 1.54) is 0 Å². The van der Waals surface area contributed by atoms with Crippen LogP contribution in [0.25, 0.3) is 0 Å². The van der Waals surface area contributed by atoms with Gasteiger partial charge in [0, 0.05) is 12.8 Å². The highest BCUT2D eigenvalue weighted by atomic mass is 16.5. The third-order valence-corrected chi connectivity index (χ3v) is 2.41. The van der Waals surface area contributed by atoms with Crippen molar-refractivity contribution in [2.75, 3.05) is 19.7 Å². The van der Waals surface area contributed by atoms with Gasteiger partial charge in [-0.1, -0.05) is 6.92 Å². The van der Waals surface area contributed by atoms with Gasteiger partial charge in [-0.3, -0.25) is 4.79 Å². The summed E-state index contributed by atoms with van der Waals surface area (Å²) in [4.78, 5) is 11.0. The molecule has 1 saturated heterocycles. The van der Waals surface area contributed by atoms with Gasteiger partial charge in [0.2, 0.25) is 0 Å². The maximum atomic E-state index is 11.0. The summed E-state index contributed by atoms with van der Waals surface area (Å²) in [5.74, 6) is 0.300. The van der Waals surface area contributed by atoms with Gasteiger partial charge in [0.05, 0.1) is 12.7 Å². The van der Waals surface area contributed by atoms with Gasteiger partial charge < -0.3 is 10.1 Å². The van der Waals surface area contributed by atoms with Gasteiger partial charge in [-0.05, 0) is 25.9 Å². The molecule has 1 rings (SSSR count). The van der Waals surface area contributed by atoms with E-state index < -0.39 is 0 Å². The SMILES string of the molecule is CCC(=O)CCOC1CCNCC1. The van der Waals surface area contributed by atoms with E-state index in [4.69, 9.17) is 4.74 Å². The number of ether oxygens (including phenoxy) is 1. The van der Waals surface area contributed by atoms with Crippen LogP contribution in [0.3, 0.4) is 0 Å². The monoisotopic (exact) mass is 185 g/mol. The van der Waals surface area contributed by atoms with Crippen molar-refractivity contribution in [3.05, 3.63) is 0 Å². The first-order valence-corrected chi connectivity index (χ1v) is 5.17. The molecule has 0 atom stereocenters. The van der Waals surface area contributed by atoms with Crippen molar-refractivity contribution in [3.63, 3.8) is 0 Å². The molecule has 3 heteroatoms. The molecule has 1 aliphatic heterocycles. The molecule has 13 heavy (non-hydrogen) atoms. The second kappa shape index (κ2) is 6.11. The summed E-state index contributed by atoms with van der Waals surface area (Å²) in [6.07, 6.45) is 3.77. The van der Waals surface area contributed by atoms with Gasteiger partial charge >= 0.3 is 0 Å². The lowest BCUT2D eigenvalue weighted by Gasteiger charge is -2.22. The van der Waals surface area contributed by atoms with Crippen LogP contribution >= 0.6 is 0 Å². The molecule has 76 valence electrons. The number of rotatable bonds is 5. The van der Waals surface area contributed by atoms with Crippen LogP contribution in [0.15, 0.2) is 0 Å². The molecule has 0 spiro atoms. The Kier molecular flexibility index (Phi) is 5.01. The van der Waals surface area contributed by atoms with Gasteiger partial charge in [-0.25, -0.2) is 0 Å². The molecule has 3 nitrogen and oxygen atoms in total. The molecule has 0 radical (unpaired) electrons. The molecule has 0 aliphatic carbocycles. The first kappa shape index (κ1) is 10.7. The summed E-state index contributed by atoms with van der Waals surface area (Å²) in [5, 5.41) is 3.28. The van der Waals surface area contributed by atoms with Crippen LogP contribution < -0.4 is 5.32 Å². The summed E-state index contributed by atoms with van der Waals surface area (Å²) in [5.41, 5.74) is 0. The molecule has 1 N–H and O–H groups in total. The Morgan fingerprint density at radius 2 is 2.15 bits per heavy atom. The largest absolute Gasteiger partial charge is 0.378 e. The van der Waals surface area contributed by atoms with Gasteiger partial charge in [0.1, 0.15) is 5.78 Å². The number of piperidine rings is 1. The lowest BCUT2D eigenvalue weighted by Crippen LogP contribution is -2.32. The minimum atomic E-state index is 0.300. The highest BCUT2D eigenvalue weighted by molar-refractivity contribution is 5.78. The van der Waals surface area contributed by atoms with Crippen molar-refractivity contribution >= 4 is 5.78 Å². The van der Waals surface area contributed by atoms with E-state index in [-0.39, 0.29) is 0 Å². The quantitative estimate of drug-likeness (QED) is 0.697. The van der Waals surface area contributed by atoms with Crippen LogP contribution in [0, 0.1) is 0 Å². The Morgan fingerprint density at radius 3 is 2.77 bits per heavy atom. The van der Waals surface area contributed by atoms with Crippen molar-refractivity contribution in [2.45, 2.75) is 38.7 Å². The molecular formula is C10H19NO2. The molecule has 0 aromatic heterocycles. The Bertz CT molecular complexity index is 153. The van der Waals surface area contributed by atoms with Crippen molar-refractivity contribution in [3.8, 4) is 0 Å². The standard InChI is InChI=1S/C10H19NO2/c1-2-9(12)5-8-13-10-3-6-11-7-4-10/h10-11H,2-8H2,1H3. The fourth-order valence-corrected chi connectivity index (χ4v) is 1.48. The number of Topliss-reactive ketones (excluding diaryl/α,β-unsaturated/α-hetero) is 1. The van der Waals surface area contributed by atoms with E-state index in [2.05, 4.69) is 5.32 Å². The van der Waals surface area contributed by atoms with Gasteiger partial charge in [-0.15, -0.1) is 0 Å². The molecule has 0 amide bonds. The molecule has 1 fully saturated rings. The highest BCUT2D eigenvalue weighted by Gasteiger charge is 2.12. The molecule has 1 aliphatic rings. The smallest absolute Gasteiger partial charge is 0.134 e. The lowest BCUT2D eigenvalue weighted by atomic mass is 10.1. The van der Waals surface area contributed by atoms with Crippen LogP contribution in [0.2, 0.25) is 0 Å². The number of hydrogen-bond donors (Lipinski definition) is 1. The van der Waals surface area contributed by atoms with Gasteiger partial charge in [-0.2, -0.15) is 0 Å². The van der Waals surface area contributed by atoms with E-state index in [1.54, 1.807) is 0 Å². The summed E-state index contributed by atoms with van der Waals surface area (Å²) in [7, 11) is 0. The van der Waals surface area contributed by atoms with Crippen LogP contribution in [0.5, 0.6) is 0 Å². The predicted molar refractivity (Wildman–Crippen MR) is 51.8 cm³/mol. The van der Waals surface area contributed by atoms with E-state index in [1.807, 2.05) is 6.92 Å². The maximum absolute atomic E-state index is 11.0. The van der Waals surface area contributed by atoms with Crippen LogP contribution in [0.1, 0.15) is 32.6 Å². The topological polar surface area (TPSA) is 38.3 Å². The number of hydrogen-bond acceptors (Lipinski definition) is 3. The van der Waals surface area contributed by atoms with Crippen molar-refractivity contribution < 1.29 is 9.53 Å². The van der Waals surface area contributed by atoms with E-state index in [0.29, 0.717) is 31.3 Å². The first-order chi connectivity index (χ1) is 6.33. The molecule has 0 unspecified atom stereocenters. The van der Waals surface area contributed by atoms with Crippen molar-refractivity contribution in [1.82, 2.24) is 5.32 Å². The third kappa shape index (κ3) is 4.39. The molecule has 0 aromatic rings. The second-order valence-corrected chi connectivity index (χ2v) is 3.46. The highest BCUT2D eigenvalue weighted by Crippen LogP contribution is 2.07. The minimum Gasteiger partial charge on any atom is -0.378 e. The normalized spacial score (nSPS) is 18.8. The zero-order chi connectivity index (χ0) is 9.52. The van der Waals surface area contributed by atoms with E-state index in [0.717, 1.165) is 25.9 Å². The molecule has 0 bridgehead atoms. The zero-order valence-corrected chi connectivity index (χ0v) is 8.34. The van der Waals surface area contributed by atoms with E-state index in [9.17, 15) is 4.79 Å². The van der Waals surface area contributed by atoms with Crippen LogP contribution in [-0.2, 0) is 9.53 Å². The lowest BCUT2D eigenvalue weighted by molar-refractivity contribution is -0.120. The number of carbonyl (C=O) groups excluding carboxylic acids is 1. The molecular weight excluding hydrogens is 166 g/mol.